The third-order valence-electron chi connectivity index (χ3n) is 2.86. The zero-order chi connectivity index (χ0) is 15.2. The Morgan fingerprint density at radius 3 is 2.62 bits per heavy atom. The Hall–Kier alpha value is -2.27. The predicted octanol–water partition coefficient (Wildman–Crippen LogP) is 3.33. The van der Waals surface area contributed by atoms with Crippen molar-refractivity contribution in [1.29, 1.82) is 0 Å². The molecular weight excluding hydrogens is 282 g/mol. The number of hydrogen-bond acceptors (Lipinski definition) is 4. The maximum absolute atomic E-state index is 12.6. The molecule has 0 unspecified atom stereocenters. The van der Waals surface area contributed by atoms with Gasteiger partial charge >= 0.3 is 0 Å². The lowest BCUT2D eigenvalue weighted by molar-refractivity contribution is 0.0794. The number of pyridine rings is 1. The molecule has 2 aromatic rings. The Bertz CT molecular complexity index is 639. The molecule has 2 rings (SSSR count). The standard InChI is InChI=1S/C16H17N3OS/c1-4-10-19(11-5-2)16(20)14-12(3)18-15(21-14)13-8-6-7-9-17-13/h4-9H,1-2,10-11H2,3H3. The van der Waals surface area contributed by atoms with Gasteiger partial charge in [0.05, 0.1) is 11.4 Å². The Labute approximate surface area is 128 Å². The van der Waals surface area contributed by atoms with Crippen LogP contribution in [0.2, 0.25) is 0 Å². The van der Waals surface area contributed by atoms with E-state index in [2.05, 4.69) is 23.1 Å². The molecule has 2 heterocycles. The van der Waals surface area contributed by atoms with Crippen molar-refractivity contribution < 1.29 is 4.79 Å². The van der Waals surface area contributed by atoms with E-state index in [1.54, 1.807) is 23.2 Å². The van der Waals surface area contributed by atoms with E-state index in [4.69, 9.17) is 0 Å². The highest BCUT2D eigenvalue weighted by Crippen LogP contribution is 2.27. The topological polar surface area (TPSA) is 46.1 Å². The number of carbonyl (C=O) groups is 1. The molecule has 0 fully saturated rings. The third kappa shape index (κ3) is 3.44. The molecule has 0 N–H and O–H groups in total. The van der Waals surface area contributed by atoms with E-state index in [0.29, 0.717) is 18.0 Å². The first kappa shape index (κ1) is 15.1. The van der Waals surface area contributed by atoms with Crippen LogP contribution in [0.15, 0.2) is 49.7 Å². The maximum Gasteiger partial charge on any atom is 0.266 e. The van der Waals surface area contributed by atoms with E-state index >= 15 is 0 Å². The third-order valence-corrected chi connectivity index (χ3v) is 4.03. The van der Waals surface area contributed by atoms with E-state index in [-0.39, 0.29) is 5.91 Å². The summed E-state index contributed by atoms with van der Waals surface area (Å²) in [6.07, 6.45) is 5.13. The zero-order valence-corrected chi connectivity index (χ0v) is 12.8. The quantitative estimate of drug-likeness (QED) is 0.769. The van der Waals surface area contributed by atoms with E-state index < -0.39 is 0 Å². The van der Waals surface area contributed by atoms with Crippen LogP contribution in [0.4, 0.5) is 0 Å². The lowest BCUT2D eigenvalue weighted by Crippen LogP contribution is -2.31. The summed E-state index contributed by atoms with van der Waals surface area (Å²) < 4.78 is 0. The van der Waals surface area contributed by atoms with E-state index in [1.807, 2.05) is 25.1 Å². The molecule has 21 heavy (non-hydrogen) atoms. The van der Waals surface area contributed by atoms with Crippen molar-refractivity contribution in [2.45, 2.75) is 6.92 Å². The lowest BCUT2D eigenvalue weighted by Gasteiger charge is -2.18. The van der Waals surface area contributed by atoms with Gasteiger partial charge in [-0.15, -0.1) is 24.5 Å². The van der Waals surface area contributed by atoms with Gasteiger partial charge in [-0.2, -0.15) is 0 Å². The summed E-state index contributed by atoms with van der Waals surface area (Å²) in [4.78, 5) is 23.6. The smallest absolute Gasteiger partial charge is 0.266 e. The number of aryl methyl sites for hydroxylation is 1. The van der Waals surface area contributed by atoms with E-state index in [9.17, 15) is 4.79 Å². The summed E-state index contributed by atoms with van der Waals surface area (Å²) in [6, 6.07) is 5.64. The largest absolute Gasteiger partial charge is 0.330 e. The van der Waals surface area contributed by atoms with Crippen molar-refractivity contribution in [3.8, 4) is 10.7 Å². The summed E-state index contributed by atoms with van der Waals surface area (Å²) in [6.45, 7) is 10.2. The first-order valence-electron chi connectivity index (χ1n) is 6.57. The van der Waals surface area contributed by atoms with Gasteiger partial charge in [0, 0.05) is 19.3 Å². The van der Waals surface area contributed by atoms with Crippen molar-refractivity contribution in [2.75, 3.05) is 13.1 Å². The monoisotopic (exact) mass is 299 g/mol. The average Bonchev–Trinajstić information content (AvgIpc) is 2.89. The molecule has 0 aliphatic rings. The van der Waals surface area contributed by atoms with Gasteiger partial charge in [-0.3, -0.25) is 9.78 Å². The number of thiazole rings is 1. The van der Waals surface area contributed by atoms with Gasteiger partial charge in [-0.05, 0) is 19.1 Å². The number of aromatic nitrogens is 2. The van der Waals surface area contributed by atoms with Gasteiger partial charge in [0.15, 0.2) is 0 Å². The fourth-order valence-corrected chi connectivity index (χ4v) is 2.90. The molecule has 0 spiro atoms. The van der Waals surface area contributed by atoms with Crippen molar-refractivity contribution >= 4 is 17.2 Å². The van der Waals surface area contributed by atoms with Crippen LogP contribution < -0.4 is 0 Å². The number of amides is 1. The molecule has 0 aliphatic heterocycles. The zero-order valence-electron chi connectivity index (χ0n) is 12.0. The molecule has 4 nitrogen and oxygen atoms in total. The highest BCUT2D eigenvalue weighted by Gasteiger charge is 2.20. The average molecular weight is 299 g/mol. The molecule has 0 saturated heterocycles. The van der Waals surface area contributed by atoms with Crippen LogP contribution in [-0.2, 0) is 0 Å². The van der Waals surface area contributed by atoms with Gasteiger partial charge < -0.3 is 4.90 Å². The van der Waals surface area contributed by atoms with E-state index in [1.165, 1.54) is 11.3 Å². The van der Waals surface area contributed by atoms with Crippen LogP contribution in [0.1, 0.15) is 15.4 Å². The Balaban J connectivity index is 2.32. The second kappa shape index (κ2) is 6.95. The molecule has 2 aromatic heterocycles. The van der Waals surface area contributed by atoms with Crippen LogP contribution in [0.25, 0.3) is 10.7 Å². The fraction of sp³-hybridized carbons (Fsp3) is 0.188. The molecule has 0 aromatic carbocycles. The highest BCUT2D eigenvalue weighted by molar-refractivity contribution is 7.17. The number of carbonyl (C=O) groups excluding carboxylic acids is 1. The molecule has 0 saturated carbocycles. The van der Waals surface area contributed by atoms with Gasteiger partial charge in [-0.1, -0.05) is 18.2 Å². The second-order valence-electron chi connectivity index (χ2n) is 4.44. The molecule has 108 valence electrons. The minimum atomic E-state index is -0.0491. The van der Waals surface area contributed by atoms with Crippen LogP contribution >= 0.6 is 11.3 Å². The van der Waals surface area contributed by atoms with Gasteiger partial charge in [-0.25, -0.2) is 4.98 Å². The molecule has 1 amide bonds. The fourth-order valence-electron chi connectivity index (χ4n) is 1.89. The first-order chi connectivity index (χ1) is 10.2. The van der Waals surface area contributed by atoms with Gasteiger partial charge in [0.25, 0.3) is 5.91 Å². The summed E-state index contributed by atoms with van der Waals surface area (Å²) >= 11 is 1.37. The number of nitrogens with zero attached hydrogens (tertiary/aromatic N) is 3. The van der Waals surface area contributed by atoms with Crippen LogP contribution in [-0.4, -0.2) is 33.9 Å². The molecule has 5 heteroatoms. The van der Waals surface area contributed by atoms with Crippen LogP contribution in [0, 0.1) is 6.92 Å². The predicted molar refractivity (Wildman–Crippen MR) is 86.4 cm³/mol. The first-order valence-corrected chi connectivity index (χ1v) is 7.39. The van der Waals surface area contributed by atoms with E-state index in [0.717, 1.165) is 16.4 Å². The van der Waals surface area contributed by atoms with Gasteiger partial charge in [0.2, 0.25) is 0 Å². The minimum absolute atomic E-state index is 0.0491. The lowest BCUT2D eigenvalue weighted by atomic mass is 10.3. The molecule has 0 radical (unpaired) electrons. The van der Waals surface area contributed by atoms with Crippen molar-refractivity contribution in [3.63, 3.8) is 0 Å². The number of rotatable bonds is 6. The van der Waals surface area contributed by atoms with Crippen molar-refractivity contribution in [2.24, 2.45) is 0 Å². The number of hydrogen-bond donors (Lipinski definition) is 0. The van der Waals surface area contributed by atoms with Crippen LogP contribution in [0.5, 0.6) is 0 Å². The summed E-state index contributed by atoms with van der Waals surface area (Å²) in [7, 11) is 0. The maximum atomic E-state index is 12.6. The molecule has 0 aliphatic carbocycles. The Morgan fingerprint density at radius 2 is 2.05 bits per heavy atom. The second-order valence-corrected chi connectivity index (χ2v) is 5.44. The minimum Gasteiger partial charge on any atom is -0.330 e. The van der Waals surface area contributed by atoms with Crippen molar-refractivity contribution in [3.05, 3.63) is 60.3 Å². The molecule has 0 atom stereocenters. The molecular formula is C16H17N3OS. The highest BCUT2D eigenvalue weighted by atomic mass is 32.1. The van der Waals surface area contributed by atoms with Gasteiger partial charge in [0.1, 0.15) is 9.88 Å². The summed E-state index contributed by atoms with van der Waals surface area (Å²) in [5, 5.41) is 0.758. The van der Waals surface area contributed by atoms with Crippen molar-refractivity contribution in [1.82, 2.24) is 14.9 Å². The molecule has 0 bridgehead atoms. The SMILES string of the molecule is C=CCN(CC=C)C(=O)c1sc(-c2ccccn2)nc1C. The normalized spacial score (nSPS) is 10.1. The Kier molecular flexibility index (Phi) is 5.00. The summed E-state index contributed by atoms with van der Waals surface area (Å²) in [5.41, 5.74) is 1.51. The summed E-state index contributed by atoms with van der Waals surface area (Å²) in [5.74, 6) is -0.0491. The van der Waals surface area contributed by atoms with Crippen LogP contribution in [0.3, 0.4) is 0 Å². The Morgan fingerprint density at radius 1 is 1.33 bits per heavy atom.